The van der Waals surface area contributed by atoms with Crippen molar-refractivity contribution in [1.82, 2.24) is 10.2 Å². The third-order valence-corrected chi connectivity index (χ3v) is 2.10. The first-order chi connectivity index (χ1) is 6.29. The van der Waals surface area contributed by atoms with Gasteiger partial charge in [0.1, 0.15) is 5.69 Å². The molecule has 0 spiro atoms. The Morgan fingerprint density at radius 1 is 1.54 bits per heavy atom. The normalized spacial score (nSPS) is 10.6. The summed E-state index contributed by atoms with van der Waals surface area (Å²) in [6, 6.07) is 5.54. The van der Waals surface area contributed by atoms with Crippen LogP contribution in [0.2, 0.25) is 0 Å². The van der Waals surface area contributed by atoms with E-state index in [-0.39, 0.29) is 0 Å². The van der Waals surface area contributed by atoms with E-state index in [1.165, 1.54) is 0 Å². The summed E-state index contributed by atoms with van der Waals surface area (Å²) in [5.74, 6) is 0.725. The highest BCUT2D eigenvalue weighted by atomic mass is 79.9. The third kappa shape index (κ3) is 1.66. The summed E-state index contributed by atoms with van der Waals surface area (Å²) in [5, 5.41) is 6.86. The number of halogens is 1. The molecule has 0 aliphatic rings. The number of hydrogen-bond acceptors (Lipinski definition) is 3. The Labute approximate surface area is 83.3 Å². The van der Waals surface area contributed by atoms with Crippen LogP contribution < -0.4 is 5.73 Å². The molecule has 2 aromatic heterocycles. The van der Waals surface area contributed by atoms with Crippen LogP contribution in [0.4, 0.5) is 0 Å². The number of hydrogen-bond donors (Lipinski definition) is 2. The van der Waals surface area contributed by atoms with Gasteiger partial charge in [0.25, 0.3) is 0 Å². The summed E-state index contributed by atoms with van der Waals surface area (Å²) in [6.45, 7) is 0.453. The molecule has 0 amide bonds. The van der Waals surface area contributed by atoms with Crippen LogP contribution in [-0.2, 0) is 6.54 Å². The topological polar surface area (TPSA) is 67.8 Å². The summed E-state index contributed by atoms with van der Waals surface area (Å²) >= 11 is 3.22. The number of H-pyrrole nitrogens is 1. The van der Waals surface area contributed by atoms with Crippen LogP contribution in [-0.4, -0.2) is 10.2 Å². The molecule has 13 heavy (non-hydrogen) atoms. The summed E-state index contributed by atoms with van der Waals surface area (Å²) in [7, 11) is 0. The third-order valence-electron chi connectivity index (χ3n) is 1.68. The molecule has 0 saturated heterocycles. The van der Waals surface area contributed by atoms with Gasteiger partial charge < -0.3 is 10.2 Å². The fourth-order valence-corrected chi connectivity index (χ4v) is 1.35. The van der Waals surface area contributed by atoms with Crippen molar-refractivity contribution in [2.24, 2.45) is 5.73 Å². The first-order valence-electron chi connectivity index (χ1n) is 3.79. The summed E-state index contributed by atoms with van der Waals surface area (Å²) in [5.41, 5.74) is 7.10. The van der Waals surface area contributed by atoms with Crippen LogP contribution in [0.3, 0.4) is 0 Å². The molecule has 0 aromatic carbocycles. The molecule has 5 heteroatoms. The minimum atomic E-state index is 0.453. The first-order valence-corrected chi connectivity index (χ1v) is 4.59. The smallest absolute Gasteiger partial charge is 0.169 e. The average molecular weight is 242 g/mol. The van der Waals surface area contributed by atoms with Crippen molar-refractivity contribution in [2.75, 3.05) is 0 Å². The number of aromatic nitrogens is 2. The van der Waals surface area contributed by atoms with Gasteiger partial charge in [-0.2, -0.15) is 5.10 Å². The minimum Gasteiger partial charge on any atom is -0.448 e. The molecule has 2 rings (SSSR count). The fourth-order valence-electron chi connectivity index (χ4n) is 1.04. The van der Waals surface area contributed by atoms with Gasteiger partial charge in [-0.3, -0.25) is 5.10 Å². The van der Waals surface area contributed by atoms with E-state index in [9.17, 15) is 0 Å². The lowest BCUT2D eigenvalue weighted by atomic mass is 10.3. The Balaban J connectivity index is 2.35. The molecule has 0 atom stereocenters. The van der Waals surface area contributed by atoms with Gasteiger partial charge in [0.2, 0.25) is 0 Å². The van der Waals surface area contributed by atoms with Gasteiger partial charge >= 0.3 is 0 Å². The fraction of sp³-hybridized carbons (Fsp3) is 0.125. The zero-order valence-electron chi connectivity index (χ0n) is 6.75. The predicted molar refractivity (Wildman–Crippen MR) is 51.9 cm³/mol. The largest absolute Gasteiger partial charge is 0.448 e. The lowest BCUT2D eigenvalue weighted by Crippen LogP contribution is -1.95. The van der Waals surface area contributed by atoms with Crippen LogP contribution >= 0.6 is 15.9 Å². The van der Waals surface area contributed by atoms with Crippen molar-refractivity contribution in [3.63, 3.8) is 0 Å². The van der Waals surface area contributed by atoms with Gasteiger partial charge in [-0.1, -0.05) is 0 Å². The Morgan fingerprint density at radius 2 is 2.38 bits per heavy atom. The molecule has 2 heterocycles. The van der Waals surface area contributed by atoms with Crippen LogP contribution in [0.1, 0.15) is 5.69 Å². The lowest BCUT2D eigenvalue weighted by Gasteiger charge is -1.85. The molecule has 68 valence electrons. The minimum absolute atomic E-state index is 0.453. The van der Waals surface area contributed by atoms with Crippen molar-refractivity contribution >= 4 is 15.9 Å². The Morgan fingerprint density at radius 3 is 2.92 bits per heavy atom. The highest BCUT2D eigenvalue weighted by Gasteiger charge is 2.06. The molecule has 4 nitrogen and oxygen atoms in total. The Hall–Kier alpha value is -1.07. The SMILES string of the molecule is NCc1cc(-c2ccc(Br)o2)n[nH]1. The van der Waals surface area contributed by atoms with E-state index in [0.29, 0.717) is 11.2 Å². The zero-order valence-corrected chi connectivity index (χ0v) is 8.34. The van der Waals surface area contributed by atoms with Crippen molar-refractivity contribution in [2.45, 2.75) is 6.54 Å². The second-order valence-corrected chi connectivity index (χ2v) is 3.37. The maximum Gasteiger partial charge on any atom is 0.169 e. The first kappa shape index (κ1) is 8.52. The van der Waals surface area contributed by atoms with E-state index in [1.54, 1.807) is 0 Å². The van der Waals surface area contributed by atoms with Crippen molar-refractivity contribution < 1.29 is 4.42 Å². The predicted octanol–water partition coefficient (Wildman–Crippen LogP) is 1.89. The van der Waals surface area contributed by atoms with E-state index in [2.05, 4.69) is 26.1 Å². The number of nitrogens with two attached hydrogens (primary N) is 1. The van der Waals surface area contributed by atoms with E-state index < -0.39 is 0 Å². The quantitative estimate of drug-likeness (QED) is 0.844. The molecule has 0 saturated carbocycles. The lowest BCUT2D eigenvalue weighted by molar-refractivity contribution is 0.553. The van der Waals surface area contributed by atoms with E-state index in [4.69, 9.17) is 10.2 Å². The molecule has 0 fully saturated rings. The van der Waals surface area contributed by atoms with E-state index in [1.807, 2.05) is 18.2 Å². The van der Waals surface area contributed by atoms with Crippen LogP contribution in [0, 0.1) is 0 Å². The standard InChI is InChI=1S/C8H8BrN3O/c9-8-2-1-7(13-8)6-3-5(4-10)11-12-6/h1-3H,4,10H2,(H,11,12). The second kappa shape index (κ2) is 3.35. The van der Waals surface area contributed by atoms with Crippen LogP contribution in [0.15, 0.2) is 27.3 Å². The Kier molecular flexibility index (Phi) is 2.20. The molecule has 0 radical (unpaired) electrons. The number of nitrogens with one attached hydrogen (secondary N) is 1. The zero-order chi connectivity index (χ0) is 9.26. The molecule has 0 bridgehead atoms. The second-order valence-electron chi connectivity index (χ2n) is 2.59. The van der Waals surface area contributed by atoms with Crippen molar-refractivity contribution in [1.29, 1.82) is 0 Å². The number of nitrogens with zero attached hydrogens (tertiary/aromatic N) is 1. The molecule has 0 aliphatic carbocycles. The maximum atomic E-state index is 5.44. The van der Waals surface area contributed by atoms with Crippen molar-refractivity contribution in [3.05, 3.63) is 28.6 Å². The summed E-state index contributed by atoms with van der Waals surface area (Å²) in [4.78, 5) is 0. The van der Waals surface area contributed by atoms with Gasteiger partial charge in [0, 0.05) is 12.2 Å². The molecular formula is C8H8BrN3O. The van der Waals surface area contributed by atoms with E-state index in [0.717, 1.165) is 17.1 Å². The van der Waals surface area contributed by atoms with Gasteiger partial charge in [-0.25, -0.2) is 0 Å². The Bertz CT molecular complexity index is 407. The maximum absolute atomic E-state index is 5.44. The molecule has 0 aliphatic heterocycles. The molecular weight excluding hydrogens is 234 g/mol. The average Bonchev–Trinajstić information content (AvgIpc) is 2.71. The monoisotopic (exact) mass is 241 g/mol. The highest BCUT2D eigenvalue weighted by Crippen LogP contribution is 2.23. The van der Waals surface area contributed by atoms with Gasteiger partial charge in [0.05, 0.1) is 0 Å². The molecule has 0 unspecified atom stereocenters. The summed E-state index contributed by atoms with van der Waals surface area (Å²) in [6.07, 6.45) is 0. The van der Waals surface area contributed by atoms with Gasteiger partial charge in [0.15, 0.2) is 10.4 Å². The van der Waals surface area contributed by atoms with Crippen molar-refractivity contribution in [3.8, 4) is 11.5 Å². The molecule has 2 aromatic rings. The number of furan rings is 1. The number of rotatable bonds is 2. The van der Waals surface area contributed by atoms with Crippen LogP contribution in [0.25, 0.3) is 11.5 Å². The molecule has 3 N–H and O–H groups in total. The van der Waals surface area contributed by atoms with Crippen LogP contribution in [0.5, 0.6) is 0 Å². The number of aromatic amines is 1. The van der Waals surface area contributed by atoms with Gasteiger partial charge in [-0.05, 0) is 34.1 Å². The summed E-state index contributed by atoms with van der Waals surface area (Å²) < 4.78 is 6.01. The van der Waals surface area contributed by atoms with E-state index >= 15 is 0 Å². The highest BCUT2D eigenvalue weighted by molar-refractivity contribution is 9.10. The van der Waals surface area contributed by atoms with Gasteiger partial charge in [-0.15, -0.1) is 0 Å².